The third-order valence-corrected chi connectivity index (χ3v) is 3.34. The molecule has 2 aromatic carbocycles. The standard InChI is InChI=1S/C16H15ClN4O3/c1-11(19-14-7-5-13(17)6-8-14)16(22)20-18-10-12-3-2-4-15(9-12)21(23)24/h2-11,19H,1H3,(H,20,22)/b18-10-/t11-/m1/s1. The Hall–Kier alpha value is -2.93. The number of carbonyl (C=O) groups excluding carboxylic acids is 1. The van der Waals surface area contributed by atoms with E-state index in [0.717, 1.165) is 5.69 Å². The Balaban J connectivity index is 1.90. The van der Waals surface area contributed by atoms with E-state index >= 15 is 0 Å². The lowest BCUT2D eigenvalue weighted by molar-refractivity contribution is -0.384. The minimum Gasteiger partial charge on any atom is -0.374 e. The average molecular weight is 347 g/mol. The van der Waals surface area contributed by atoms with E-state index in [-0.39, 0.29) is 11.6 Å². The molecule has 0 aliphatic rings. The Kier molecular flexibility index (Phi) is 5.86. The van der Waals surface area contributed by atoms with Crippen molar-refractivity contribution in [3.05, 3.63) is 69.2 Å². The minimum absolute atomic E-state index is 0.0388. The number of hydrogen-bond acceptors (Lipinski definition) is 5. The van der Waals surface area contributed by atoms with Gasteiger partial charge in [-0.3, -0.25) is 14.9 Å². The number of non-ortho nitro benzene ring substituents is 1. The highest BCUT2D eigenvalue weighted by molar-refractivity contribution is 6.30. The first-order valence-corrected chi connectivity index (χ1v) is 7.43. The molecular formula is C16H15ClN4O3. The molecule has 0 aliphatic heterocycles. The Bertz CT molecular complexity index is 762. The maximum atomic E-state index is 12.0. The molecule has 0 aliphatic carbocycles. The second-order valence-electron chi connectivity index (χ2n) is 4.96. The molecule has 1 atom stereocenters. The molecule has 0 radical (unpaired) electrons. The molecule has 0 heterocycles. The molecule has 0 bridgehead atoms. The summed E-state index contributed by atoms with van der Waals surface area (Å²) >= 11 is 5.80. The van der Waals surface area contributed by atoms with Gasteiger partial charge in [-0.05, 0) is 31.2 Å². The van der Waals surface area contributed by atoms with Gasteiger partial charge in [0.2, 0.25) is 0 Å². The van der Waals surface area contributed by atoms with Crippen molar-refractivity contribution in [2.24, 2.45) is 5.10 Å². The van der Waals surface area contributed by atoms with Gasteiger partial charge in [-0.2, -0.15) is 5.10 Å². The number of nitro groups is 1. The van der Waals surface area contributed by atoms with E-state index in [1.54, 1.807) is 43.3 Å². The fourth-order valence-corrected chi connectivity index (χ4v) is 1.97. The molecule has 8 heteroatoms. The lowest BCUT2D eigenvalue weighted by Crippen LogP contribution is -2.34. The minimum atomic E-state index is -0.520. The van der Waals surface area contributed by atoms with Crippen LogP contribution in [-0.2, 0) is 4.79 Å². The number of nitrogens with zero attached hydrogens (tertiary/aromatic N) is 2. The monoisotopic (exact) mass is 346 g/mol. The van der Waals surface area contributed by atoms with Gasteiger partial charge in [-0.25, -0.2) is 5.43 Å². The van der Waals surface area contributed by atoms with Crippen LogP contribution < -0.4 is 10.7 Å². The summed E-state index contributed by atoms with van der Waals surface area (Å²) in [5.74, 6) is -0.341. The zero-order chi connectivity index (χ0) is 17.5. The van der Waals surface area contributed by atoms with E-state index in [2.05, 4.69) is 15.8 Å². The average Bonchev–Trinajstić information content (AvgIpc) is 2.57. The van der Waals surface area contributed by atoms with Crippen LogP contribution in [0.1, 0.15) is 12.5 Å². The van der Waals surface area contributed by atoms with Crippen molar-refractivity contribution in [3.8, 4) is 0 Å². The summed E-state index contributed by atoms with van der Waals surface area (Å²) in [5, 5.41) is 18.1. The van der Waals surface area contributed by atoms with E-state index in [4.69, 9.17) is 11.6 Å². The number of anilines is 1. The van der Waals surface area contributed by atoms with Gasteiger partial charge in [-0.1, -0.05) is 23.7 Å². The van der Waals surface area contributed by atoms with Crippen LogP contribution in [0.15, 0.2) is 53.6 Å². The Morgan fingerprint density at radius 2 is 2.00 bits per heavy atom. The largest absolute Gasteiger partial charge is 0.374 e. The van der Waals surface area contributed by atoms with Gasteiger partial charge in [0.05, 0.1) is 11.1 Å². The fourth-order valence-electron chi connectivity index (χ4n) is 1.85. The topological polar surface area (TPSA) is 96.6 Å². The van der Waals surface area contributed by atoms with Crippen molar-refractivity contribution >= 4 is 35.1 Å². The summed E-state index contributed by atoms with van der Waals surface area (Å²) in [6.45, 7) is 1.69. The number of rotatable bonds is 6. The SMILES string of the molecule is C[C@@H](Nc1ccc(Cl)cc1)C(=O)N/N=C\c1cccc([N+](=O)[O-])c1. The first-order valence-electron chi connectivity index (χ1n) is 7.05. The highest BCUT2D eigenvalue weighted by atomic mass is 35.5. The number of benzene rings is 2. The number of nitro benzene ring substituents is 1. The highest BCUT2D eigenvalue weighted by Gasteiger charge is 2.11. The second-order valence-corrected chi connectivity index (χ2v) is 5.40. The molecule has 24 heavy (non-hydrogen) atoms. The molecule has 1 amide bonds. The highest BCUT2D eigenvalue weighted by Crippen LogP contribution is 2.14. The number of halogens is 1. The van der Waals surface area contributed by atoms with E-state index in [0.29, 0.717) is 10.6 Å². The van der Waals surface area contributed by atoms with Crippen molar-refractivity contribution in [2.45, 2.75) is 13.0 Å². The van der Waals surface area contributed by atoms with Gasteiger partial charge < -0.3 is 5.32 Å². The van der Waals surface area contributed by atoms with Crippen LogP contribution in [0.3, 0.4) is 0 Å². The first kappa shape index (κ1) is 17.4. The van der Waals surface area contributed by atoms with Gasteiger partial charge in [-0.15, -0.1) is 0 Å². The number of hydrogen-bond donors (Lipinski definition) is 2. The molecule has 0 unspecified atom stereocenters. The zero-order valence-electron chi connectivity index (χ0n) is 12.8. The molecule has 7 nitrogen and oxygen atoms in total. The normalized spacial score (nSPS) is 11.9. The molecule has 0 fully saturated rings. The maximum absolute atomic E-state index is 12.0. The summed E-state index contributed by atoms with van der Waals surface area (Å²) in [5.41, 5.74) is 3.62. The first-order chi connectivity index (χ1) is 11.5. The van der Waals surface area contributed by atoms with Gasteiger partial charge in [0.15, 0.2) is 0 Å². The predicted molar refractivity (Wildman–Crippen MR) is 93.4 cm³/mol. The summed E-state index contributed by atoms with van der Waals surface area (Å²) in [7, 11) is 0. The quantitative estimate of drug-likeness (QED) is 0.477. The van der Waals surface area contributed by atoms with E-state index in [1.807, 2.05) is 0 Å². The molecule has 2 rings (SSSR count). The lowest BCUT2D eigenvalue weighted by atomic mass is 10.2. The Morgan fingerprint density at radius 1 is 1.29 bits per heavy atom. The Labute approximate surface area is 143 Å². The van der Waals surface area contributed by atoms with Gasteiger partial charge in [0.25, 0.3) is 11.6 Å². The lowest BCUT2D eigenvalue weighted by Gasteiger charge is -2.13. The maximum Gasteiger partial charge on any atom is 0.270 e. The molecule has 0 spiro atoms. The molecule has 0 saturated carbocycles. The van der Waals surface area contributed by atoms with Crippen molar-refractivity contribution < 1.29 is 9.72 Å². The van der Waals surface area contributed by atoms with Crippen molar-refractivity contribution in [3.63, 3.8) is 0 Å². The van der Waals surface area contributed by atoms with Crippen molar-refractivity contribution in [1.82, 2.24) is 5.43 Å². The molecule has 2 aromatic rings. The van der Waals surface area contributed by atoms with Crippen LogP contribution in [0.25, 0.3) is 0 Å². The van der Waals surface area contributed by atoms with Crippen LogP contribution >= 0.6 is 11.6 Å². The summed E-state index contributed by atoms with van der Waals surface area (Å²) < 4.78 is 0. The summed E-state index contributed by atoms with van der Waals surface area (Å²) in [6, 6.07) is 12.4. The van der Waals surface area contributed by atoms with E-state index in [1.165, 1.54) is 18.3 Å². The smallest absolute Gasteiger partial charge is 0.270 e. The zero-order valence-corrected chi connectivity index (χ0v) is 13.5. The molecule has 2 N–H and O–H groups in total. The number of hydrazone groups is 1. The summed E-state index contributed by atoms with van der Waals surface area (Å²) in [4.78, 5) is 22.2. The van der Waals surface area contributed by atoms with Crippen LogP contribution in [0.2, 0.25) is 5.02 Å². The Morgan fingerprint density at radius 3 is 2.67 bits per heavy atom. The van der Waals surface area contributed by atoms with Gasteiger partial charge >= 0.3 is 0 Å². The number of nitrogens with one attached hydrogen (secondary N) is 2. The molecule has 0 saturated heterocycles. The van der Waals surface area contributed by atoms with Gasteiger partial charge in [0.1, 0.15) is 6.04 Å². The third-order valence-electron chi connectivity index (χ3n) is 3.09. The van der Waals surface area contributed by atoms with Crippen molar-refractivity contribution in [1.29, 1.82) is 0 Å². The van der Waals surface area contributed by atoms with Crippen LogP contribution in [0.5, 0.6) is 0 Å². The molecular weight excluding hydrogens is 332 g/mol. The fraction of sp³-hybridized carbons (Fsp3) is 0.125. The third kappa shape index (κ3) is 5.06. The second kappa shape index (κ2) is 8.07. The summed E-state index contributed by atoms with van der Waals surface area (Å²) in [6.07, 6.45) is 1.35. The number of carbonyl (C=O) groups is 1. The molecule has 124 valence electrons. The number of amides is 1. The predicted octanol–water partition coefficient (Wildman–Crippen LogP) is 3.20. The van der Waals surface area contributed by atoms with Crippen LogP contribution in [0.4, 0.5) is 11.4 Å². The van der Waals surface area contributed by atoms with E-state index < -0.39 is 11.0 Å². The van der Waals surface area contributed by atoms with Crippen LogP contribution in [-0.4, -0.2) is 23.1 Å². The van der Waals surface area contributed by atoms with Gasteiger partial charge in [0, 0.05) is 28.4 Å². The van der Waals surface area contributed by atoms with Crippen molar-refractivity contribution in [2.75, 3.05) is 5.32 Å². The van der Waals surface area contributed by atoms with E-state index in [9.17, 15) is 14.9 Å². The molecule has 0 aromatic heterocycles. The van der Waals surface area contributed by atoms with Crippen LogP contribution in [0, 0.1) is 10.1 Å².